The fourth-order valence-corrected chi connectivity index (χ4v) is 7.30. The van der Waals surface area contributed by atoms with Crippen molar-refractivity contribution in [1.82, 2.24) is 0 Å². The maximum absolute atomic E-state index is 11.6. The standard InChI is InChI=1S/C12H22O25S6/c13-1-3-7(5(14)6(15)12(33-3)38-43(28,29)30)34-11-10(37-42(25,26)27)9(36-41(22,23)24)8(35-40(19,20)21)4(32-11)2-31-39(16,17)18/h3-15H,1-2H2,(H,16,17,18)(H,19,20,21)(H,22,23,24)(H,25,26,27)(H,28,29,30)/t3-,4-,5-,6-,7-,8-,9+,10-,11+,12+/m1/s1. The summed E-state index contributed by atoms with van der Waals surface area (Å²) in [6, 6.07) is 0. The van der Waals surface area contributed by atoms with Crippen LogP contribution in [0.2, 0.25) is 0 Å². The second-order valence-corrected chi connectivity index (χ2v) is 15.6. The van der Waals surface area contributed by atoms with Crippen molar-refractivity contribution in [3.05, 3.63) is 0 Å². The van der Waals surface area contributed by atoms with E-state index in [4.69, 9.17) is 27.9 Å². The van der Waals surface area contributed by atoms with Gasteiger partial charge >= 0.3 is 50.7 Å². The van der Waals surface area contributed by atoms with Crippen molar-refractivity contribution in [2.45, 2.75) is 60.6 Å². The Labute approximate surface area is 245 Å². The van der Waals surface area contributed by atoms with Crippen LogP contribution in [0.25, 0.3) is 0 Å². The number of aliphatic hydroxyl groups is 3. The first-order valence-electron chi connectivity index (χ1n) is 10.4. The molecule has 0 bridgehead atoms. The van der Waals surface area contributed by atoms with Crippen LogP contribution in [0.15, 0.2) is 0 Å². The van der Waals surface area contributed by atoms with Gasteiger partial charge < -0.3 is 29.5 Å². The Bertz CT molecular complexity index is 1500. The molecule has 0 aliphatic carbocycles. The molecule has 0 radical (unpaired) electrons. The van der Waals surface area contributed by atoms with Crippen LogP contribution < -0.4 is 0 Å². The molecule has 0 aromatic carbocycles. The summed E-state index contributed by atoms with van der Waals surface area (Å²) in [5.41, 5.74) is -2.03. The third-order valence-corrected chi connectivity index (χ3v) is 8.95. The summed E-state index contributed by atoms with van der Waals surface area (Å²) in [7, 11) is -28.3. The Kier molecular flexibility index (Phi) is 12.7. The molecule has 2 heterocycles. The van der Waals surface area contributed by atoms with Gasteiger partial charge in [0, 0.05) is 10.8 Å². The van der Waals surface area contributed by atoms with Crippen LogP contribution in [-0.2, 0) is 81.7 Å². The molecule has 0 spiro atoms. The van der Waals surface area contributed by atoms with Crippen LogP contribution in [0, 0.1) is 0 Å². The van der Waals surface area contributed by atoms with Crippen molar-refractivity contribution in [3.63, 3.8) is 0 Å². The predicted molar refractivity (Wildman–Crippen MR) is 127 cm³/mol. The SMILES string of the molecule is O=S(=O)(O)OC[C@H]1O[C@@H](O[C@H]2[C@H](O)[C@@H](O)[C@H](SS(=O)(=O)O)O[C@@H]2CO)[C@H](OS(=O)(=O)O)[C@@H](OS(=O)(=O)O)[C@@H]1OS(=O)(=O)O. The van der Waals surface area contributed by atoms with Gasteiger partial charge in [0.1, 0.15) is 48.2 Å². The van der Waals surface area contributed by atoms with E-state index in [2.05, 4.69) is 16.7 Å². The first kappa shape index (κ1) is 38.7. The minimum Gasteiger partial charge on any atom is -0.394 e. The summed E-state index contributed by atoms with van der Waals surface area (Å²) in [4.78, 5) is 0. The van der Waals surface area contributed by atoms with Crippen LogP contribution >= 0.6 is 10.8 Å². The van der Waals surface area contributed by atoms with Gasteiger partial charge in [-0.05, 0) is 0 Å². The van der Waals surface area contributed by atoms with E-state index < -0.39 is 135 Å². The fraction of sp³-hybridized carbons (Fsp3) is 1.00. The molecule has 0 unspecified atom stereocenters. The highest BCUT2D eigenvalue weighted by molar-refractivity contribution is 8.70. The summed E-state index contributed by atoms with van der Waals surface area (Å²) in [5.74, 6) is 0. The van der Waals surface area contributed by atoms with Crippen LogP contribution in [0.3, 0.4) is 0 Å². The molecule has 2 saturated heterocycles. The highest BCUT2D eigenvalue weighted by Gasteiger charge is 2.56. The normalized spacial score (nSPS) is 35.1. The monoisotopic (exact) mass is 758 g/mol. The van der Waals surface area contributed by atoms with Gasteiger partial charge in [0.2, 0.25) is 0 Å². The van der Waals surface area contributed by atoms with Crippen molar-refractivity contribution in [2.24, 2.45) is 0 Å². The molecule has 0 saturated carbocycles. The van der Waals surface area contributed by atoms with Crippen LogP contribution in [0.1, 0.15) is 0 Å². The van der Waals surface area contributed by atoms with Gasteiger partial charge in [-0.15, -0.1) is 0 Å². The largest absolute Gasteiger partial charge is 0.397 e. The first-order valence-corrected chi connectivity index (χ1v) is 18.7. The Morgan fingerprint density at radius 3 is 1.53 bits per heavy atom. The summed E-state index contributed by atoms with van der Waals surface area (Å²) in [5, 5.41) is 30.5. The Morgan fingerprint density at radius 2 is 1.09 bits per heavy atom. The molecule has 31 heteroatoms. The van der Waals surface area contributed by atoms with E-state index >= 15 is 0 Å². The lowest BCUT2D eigenvalue weighted by atomic mass is 9.97. The van der Waals surface area contributed by atoms with Crippen LogP contribution in [-0.4, -0.2) is 154 Å². The highest BCUT2D eigenvalue weighted by atomic mass is 33.1. The van der Waals surface area contributed by atoms with E-state index in [9.17, 15) is 66.5 Å². The third-order valence-electron chi connectivity index (χ3n) is 5.00. The molecular formula is C12H22O25S6. The van der Waals surface area contributed by atoms with Crippen LogP contribution in [0.5, 0.6) is 0 Å². The average molecular weight is 759 g/mol. The van der Waals surface area contributed by atoms with Gasteiger partial charge in [0.15, 0.2) is 12.4 Å². The number of hydrogen-bond donors (Lipinski definition) is 8. The molecule has 10 atom stereocenters. The van der Waals surface area contributed by atoms with E-state index in [0.717, 1.165) is 0 Å². The maximum Gasteiger partial charge on any atom is 0.397 e. The molecule has 2 aliphatic rings. The molecule has 0 aromatic heterocycles. The van der Waals surface area contributed by atoms with Gasteiger partial charge in [-0.1, -0.05) is 0 Å². The first-order chi connectivity index (χ1) is 19.2. The number of aliphatic hydroxyl groups excluding tert-OH is 3. The van der Waals surface area contributed by atoms with E-state index in [1.54, 1.807) is 0 Å². The molecule has 8 N–H and O–H groups in total. The van der Waals surface area contributed by atoms with Crippen molar-refractivity contribution in [3.8, 4) is 0 Å². The molecule has 2 aliphatic heterocycles. The van der Waals surface area contributed by atoms with Gasteiger partial charge in [-0.25, -0.2) is 16.7 Å². The highest BCUT2D eigenvalue weighted by Crippen LogP contribution is 2.37. The van der Waals surface area contributed by atoms with Gasteiger partial charge in [0.25, 0.3) is 0 Å². The van der Waals surface area contributed by atoms with E-state index in [1.165, 1.54) is 0 Å². The molecule has 0 aromatic rings. The smallest absolute Gasteiger partial charge is 0.394 e. The lowest BCUT2D eigenvalue weighted by molar-refractivity contribution is -0.329. The Balaban J connectivity index is 2.64. The Morgan fingerprint density at radius 1 is 0.605 bits per heavy atom. The van der Waals surface area contributed by atoms with Gasteiger partial charge in [0.05, 0.1) is 13.2 Å². The lowest BCUT2D eigenvalue weighted by Gasteiger charge is -2.47. The lowest BCUT2D eigenvalue weighted by Crippen LogP contribution is -2.66. The number of rotatable bonds is 14. The topological polar surface area (TPSA) is 397 Å². The minimum atomic E-state index is -5.85. The summed E-state index contributed by atoms with van der Waals surface area (Å²) in [6.07, 6.45) is -22.8. The molecule has 256 valence electrons. The second kappa shape index (κ2) is 14.1. The molecule has 2 rings (SSSR count). The maximum atomic E-state index is 11.6. The van der Waals surface area contributed by atoms with Crippen molar-refractivity contribution in [1.29, 1.82) is 0 Å². The van der Waals surface area contributed by atoms with Crippen molar-refractivity contribution < 1.29 is 111 Å². The quantitative estimate of drug-likeness (QED) is 0.0604. The van der Waals surface area contributed by atoms with E-state index in [0.29, 0.717) is 0 Å². The summed E-state index contributed by atoms with van der Waals surface area (Å²) in [6.45, 7) is -2.85. The molecule has 0 amide bonds. The van der Waals surface area contributed by atoms with Crippen LogP contribution in [0.4, 0.5) is 0 Å². The van der Waals surface area contributed by atoms with Gasteiger partial charge in [-0.3, -0.25) is 22.8 Å². The molecule has 25 nitrogen and oxygen atoms in total. The average Bonchev–Trinajstić information content (AvgIpc) is 2.77. The van der Waals surface area contributed by atoms with Crippen molar-refractivity contribution in [2.75, 3.05) is 13.2 Å². The van der Waals surface area contributed by atoms with Crippen molar-refractivity contribution >= 4 is 61.5 Å². The van der Waals surface area contributed by atoms with E-state index in [1.807, 2.05) is 0 Å². The molecule has 2 fully saturated rings. The Hall–Kier alpha value is -0.500. The molecule has 43 heavy (non-hydrogen) atoms. The minimum absolute atomic E-state index is 0.461. The summed E-state index contributed by atoms with van der Waals surface area (Å²) < 4.78 is 191. The zero-order chi connectivity index (χ0) is 33.3. The van der Waals surface area contributed by atoms with E-state index in [-0.39, 0.29) is 0 Å². The summed E-state index contributed by atoms with van der Waals surface area (Å²) >= 11 is 0. The fourth-order valence-electron chi connectivity index (χ4n) is 3.60. The number of ether oxygens (including phenoxy) is 3. The zero-order valence-electron chi connectivity index (χ0n) is 20.2. The second-order valence-electron chi connectivity index (χ2n) is 8.05. The third kappa shape index (κ3) is 12.7. The van der Waals surface area contributed by atoms with Gasteiger partial charge in [-0.2, -0.15) is 42.1 Å². The number of hydrogen-bond acceptors (Lipinski definition) is 21. The zero-order valence-corrected chi connectivity index (χ0v) is 25.1. The predicted octanol–water partition coefficient (Wildman–Crippen LogP) is -5.55. The molecular weight excluding hydrogens is 737 g/mol.